The SMILES string of the molecule is O=C(c1ccc(-c2cn[nH]c2)cn1)N1CCN(C(=O)C2CCOCC2)CC1. The minimum Gasteiger partial charge on any atom is -0.381 e. The van der Waals surface area contributed by atoms with Crippen molar-refractivity contribution in [2.75, 3.05) is 39.4 Å². The van der Waals surface area contributed by atoms with E-state index in [4.69, 9.17) is 4.74 Å². The highest BCUT2D eigenvalue weighted by molar-refractivity contribution is 5.93. The van der Waals surface area contributed by atoms with Crippen molar-refractivity contribution >= 4 is 11.8 Å². The number of amides is 2. The number of rotatable bonds is 3. The molecule has 2 amide bonds. The van der Waals surface area contributed by atoms with Gasteiger partial charge in [-0.3, -0.25) is 19.7 Å². The van der Waals surface area contributed by atoms with Gasteiger partial charge in [-0.1, -0.05) is 6.07 Å². The third-order valence-electron chi connectivity index (χ3n) is 5.26. The van der Waals surface area contributed by atoms with Crippen molar-refractivity contribution in [2.45, 2.75) is 12.8 Å². The average Bonchev–Trinajstić information content (AvgIpc) is 3.28. The van der Waals surface area contributed by atoms with Crippen LogP contribution in [0.15, 0.2) is 30.7 Å². The van der Waals surface area contributed by atoms with Gasteiger partial charge in [0.05, 0.1) is 6.20 Å². The monoisotopic (exact) mass is 369 g/mol. The molecular weight excluding hydrogens is 346 g/mol. The van der Waals surface area contributed by atoms with Crippen molar-refractivity contribution in [3.63, 3.8) is 0 Å². The van der Waals surface area contributed by atoms with Crippen molar-refractivity contribution in [1.82, 2.24) is 25.0 Å². The Kier molecular flexibility index (Phi) is 5.15. The molecular formula is C19H23N5O3. The van der Waals surface area contributed by atoms with Crippen LogP contribution in [0.25, 0.3) is 11.1 Å². The van der Waals surface area contributed by atoms with Gasteiger partial charge in [-0.25, -0.2) is 0 Å². The molecule has 2 fully saturated rings. The van der Waals surface area contributed by atoms with E-state index in [1.807, 2.05) is 11.0 Å². The number of pyridine rings is 1. The fourth-order valence-corrected chi connectivity index (χ4v) is 3.59. The molecule has 8 heteroatoms. The minimum atomic E-state index is -0.0908. The van der Waals surface area contributed by atoms with E-state index in [2.05, 4.69) is 15.2 Å². The first-order chi connectivity index (χ1) is 13.2. The standard InChI is InChI=1S/C19H23N5O3/c25-18(14-3-9-27-10-4-14)23-5-7-24(8-6-23)19(26)17-2-1-15(11-20-17)16-12-21-22-13-16/h1-2,11-14H,3-10H2,(H,21,22). The summed E-state index contributed by atoms with van der Waals surface area (Å²) in [5, 5.41) is 6.68. The number of piperazine rings is 1. The van der Waals surface area contributed by atoms with Crippen molar-refractivity contribution in [1.29, 1.82) is 0 Å². The van der Waals surface area contributed by atoms with Crippen LogP contribution in [0.2, 0.25) is 0 Å². The lowest BCUT2D eigenvalue weighted by Gasteiger charge is -2.37. The molecule has 0 saturated carbocycles. The van der Waals surface area contributed by atoms with E-state index in [1.54, 1.807) is 29.6 Å². The largest absolute Gasteiger partial charge is 0.381 e. The van der Waals surface area contributed by atoms with Crippen LogP contribution in [-0.2, 0) is 9.53 Å². The lowest BCUT2D eigenvalue weighted by molar-refractivity contribution is -0.140. The molecule has 1 N–H and O–H groups in total. The minimum absolute atomic E-state index is 0.0677. The van der Waals surface area contributed by atoms with Gasteiger partial charge in [0.15, 0.2) is 0 Å². The molecule has 2 aromatic heterocycles. The van der Waals surface area contributed by atoms with Crippen LogP contribution in [0.1, 0.15) is 23.3 Å². The maximum atomic E-state index is 12.7. The van der Waals surface area contributed by atoms with Crippen molar-refractivity contribution < 1.29 is 14.3 Å². The summed E-state index contributed by atoms with van der Waals surface area (Å²) < 4.78 is 5.33. The van der Waals surface area contributed by atoms with Crippen LogP contribution in [0.4, 0.5) is 0 Å². The van der Waals surface area contributed by atoms with Crippen LogP contribution < -0.4 is 0 Å². The second-order valence-electron chi connectivity index (χ2n) is 6.92. The highest BCUT2D eigenvalue weighted by Crippen LogP contribution is 2.20. The summed E-state index contributed by atoms with van der Waals surface area (Å²) >= 11 is 0. The topological polar surface area (TPSA) is 91.4 Å². The smallest absolute Gasteiger partial charge is 0.272 e. The Morgan fingerprint density at radius 3 is 2.37 bits per heavy atom. The second kappa shape index (κ2) is 7.87. The van der Waals surface area contributed by atoms with Gasteiger partial charge in [-0.15, -0.1) is 0 Å². The second-order valence-corrected chi connectivity index (χ2v) is 6.92. The summed E-state index contributed by atoms with van der Waals surface area (Å²) in [4.78, 5) is 33.3. The number of hydrogen-bond donors (Lipinski definition) is 1. The zero-order chi connectivity index (χ0) is 18.6. The first kappa shape index (κ1) is 17.7. The Morgan fingerprint density at radius 1 is 1.00 bits per heavy atom. The molecule has 2 aliphatic heterocycles. The van der Waals surface area contributed by atoms with Crippen molar-refractivity contribution in [2.24, 2.45) is 5.92 Å². The quantitative estimate of drug-likeness (QED) is 0.877. The first-order valence-electron chi connectivity index (χ1n) is 9.33. The summed E-state index contributed by atoms with van der Waals surface area (Å²) in [5.74, 6) is 0.179. The van der Waals surface area contributed by atoms with Crippen LogP contribution in [0.3, 0.4) is 0 Å². The van der Waals surface area contributed by atoms with E-state index in [-0.39, 0.29) is 17.7 Å². The normalized spacial score (nSPS) is 18.5. The highest BCUT2D eigenvalue weighted by Gasteiger charge is 2.30. The molecule has 142 valence electrons. The van der Waals surface area contributed by atoms with E-state index in [0.29, 0.717) is 45.1 Å². The fourth-order valence-electron chi connectivity index (χ4n) is 3.59. The number of nitrogens with one attached hydrogen (secondary N) is 1. The number of nitrogens with zero attached hydrogens (tertiary/aromatic N) is 4. The lowest BCUT2D eigenvalue weighted by Crippen LogP contribution is -2.52. The van der Waals surface area contributed by atoms with Crippen LogP contribution in [0, 0.1) is 5.92 Å². The van der Waals surface area contributed by atoms with E-state index in [1.165, 1.54) is 0 Å². The summed E-state index contributed by atoms with van der Waals surface area (Å²) in [6.45, 7) is 3.56. The number of hydrogen-bond acceptors (Lipinski definition) is 5. The van der Waals surface area contributed by atoms with Crippen molar-refractivity contribution in [3.8, 4) is 11.1 Å². The van der Waals surface area contributed by atoms with Gasteiger partial charge < -0.3 is 14.5 Å². The molecule has 0 bridgehead atoms. The summed E-state index contributed by atoms with van der Waals surface area (Å²) in [6, 6.07) is 3.61. The van der Waals surface area contributed by atoms with E-state index in [9.17, 15) is 9.59 Å². The number of carbonyl (C=O) groups excluding carboxylic acids is 2. The number of ether oxygens (including phenoxy) is 1. The first-order valence-corrected chi connectivity index (χ1v) is 9.33. The third-order valence-corrected chi connectivity index (χ3v) is 5.26. The molecule has 2 aromatic rings. The number of aromatic nitrogens is 3. The van der Waals surface area contributed by atoms with Gasteiger partial charge in [0.1, 0.15) is 5.69 Å². The zero-order valence-electron chi connectivity index (χ0n) is 15.1. The van der Waals surface area contributed by atoms with Gasteiger partial charge in [0.25, 0.3) is 5.91 Å². The molecule has 4 rings (SSSR count). The lowest BCUT2D eigenvalue weighted by atomic mass is 9.98. The summed E-state index contributed by atoms with van der Waals surface area (Å²) in [5.41, 5.74) is 2.26. The molecule has 0 unspecified atom stereocenters. The number of carbonyl (C=O) groups is 2. The Hall–Kier alpha value is -2.74. The molecule has 0 radical (unpaired) electrons. The molecule has 0 atom stereocenters. The Balaban J connectivity index is 1.33. The van der Waals surface area contributed by atoms with Crippen LogP contribution in [-0.4, -0.2) is 76.2 Å². The summed E-state index contributed by atoms with van der Waals surface area (Å²) in [7, 11) is 0. The predicted octanol–water partition coefficient (Wildman–Crippen LogP) is 1.18. The third kappa shape index (κ3) is 3.85. The number of aromatic amines is 1. The van der Waals surface area contributed by atoms with Gasteiger partial charge >= 0.3 is 0 Å². The number of H-pyrrole nitrogens is 1. The van der Waals surface area contributed by atoms with E-state index < -0.39 is 0 Å². The summed E-state index contributed by atoms with van der Waals surface area (Å²) in [6.07, 6.45) is 6.78. The zero-order valence-corrected chi connectivity index (χ0v) is 15.1. The fraction of sp³-hybridized carbons (Fsp3) is 0.474. The molecule has 8 nitrogen and oxygen atoms in total. The Morgan fingerprint density at radius 2 is 1.74 bits per heavy atom. The predicted molar refractivity (Wildman–Crippen MR) is 97.8 cm³/mol. The van der Waals surface area contributed by atoms with Crippen LogP contribution in [0.5, 0.6) is 0 Å². The molecule has 0 aliphatic carbocycles. The van der Waals surface area contributed by atoms with E-state index >= 15 is 0 Å². The van der Waals surface area contributed by atoms with Gasteiger partial charge in [-0.05, 0) is 18.9 Å². The Labute approximate surface area is 157 Å². The van der Waals surface area contributed by atoms with Gasteiger partial charge in [0, 0.05) is 68.8 Å². The van der Waals surface area contributed by atoms with Crippen molar-refractivity contribution in [3.05, 3.63) is 36.4 Å². The van der Waals surface area contributed by atoms with Gasteiger partial charge in [0.2, 0.25) is 5.91 Å². The highest BCUT2D eigenvalue weighted by atomic mass is 16.5. The maximum absolute atomic E-state index is 12.7. The average molecular weight is 369 g/mol. The Bertz CT molecular complexity index is 776. The molecule has 0 aromatic carbocycles. The molecule has 4 heterocycles. The van der Waals surface area contributed by atoms with Gasteiger partial charge in [-0.2, -0.15) is 5.10 Å². The molecule has 27 heavy (non-hydrogen) atoms. The molecule has 2 aliphatic rings. The van der Waals surface area contributed by atoms with Crippen LogP contribution >= 0.6 is 0 Å². The molecule has 2 saturated heterocycles. The molecule has 0 spiro atoms. The van der Waals surface area contributed by atoms with E-state index in [0.717, 1.165) is 24.0 Å². The maximum Gasteiger partial charge on any atom is 0.272 e.